The van der Waals surface area contributed by atoms with Gasteiger partial charge in [0.1, 0.15) is 6.61 Å². The van der Waals surface area contributed by atoms with Crippen LogP contribution in [-0.4, -0.2) is 33.0 Å². The van der Waals surface area contributed by atoms with E-state index in [9.17, 15) is 0 Å². The Morgan fingerprint density at radius 3 is 2.60 bits per heavy atom. The van der Waals surface area contributed by atoms with E-state index in [1.54, 1.807) is 7.11 Å². The molecule has 114 valence electrons. The average molecular weight is 281 g/mol. The van der Waals surface area contributed by atoms with Crippen molar-refractivity contribution in [2.45, 2.75) is 39.2 Å². The zero-order valence-electron chi connectivity index (χ0n) is 12.9. The van der Waals surface area contributed by atoms with Gasteiger partial charge in [-0.15, -0.1) is 0 Å². The molecule has 2 N–H and O–H groups in total. The SMILES string of the molecule is CCCOCCOc1c(CC(N)CC)cccc1OC. The molecule has 0 radical (unpaired) electrons. The van der Waals surface area contributed by atoms with Gasteiger partial charge >= 0.3 is 0 Å². The highest BCUT2D eigenvalue weighted by molar-refractivity contribution is 5.47. The van der Waals surface area contributed by atoms with E-state index in [1.165, 1.54) is 0 Å². The fourth-order valence-electron chi connectivity index (χ4n) is 1.92. The summed E-state index contributed by atoms with van der Waals surface area (Å²) in [6, 6.07) is 6.06. The molecule has 0 aromatic heterocycles. The van der Waals surface area contributed by atoms with Crippen molar-refractivity contribution in [3.05, 3.63) is 23.8 Å². The molecule has 0 spiro atoms. The molecule has 0 amide bonds. The second-order valence-corrected chi connectivity index (χ2v) is 4.78. The molecule has 0 saturated heterocycles. The fourth-order valence-corrected chi connectivity index (χ4v) is 1.92. The summed E-state index contributed by atoms with van der Waals surface area (Å²) in [5.74, 6) is 1.54. The average Bonchev–Trinajstić information content (AvgIpc) is 2.47. The normalized spacial score (nSPS) is 12.2. The lowest BCUT2D eigenvalue weighted by atomic mass is 10.0. The van der Waals surface area contributed by atoms with Crippen molar-refractivity contribution in [1.82, 2.24) is 0 Å². The van der Waals surface area contributed by atoms with Gasteiger partial charge in [-0.3, -0.25) is 0 Å². The van der Waals surface area contributed by atoms with Crippen molar-refractivity contribution < 1.29 is 14.2 Å². The first-order valence-corrected chi connectivity index (χ1v) is 7.34. The summed E-state index contributed by atoms with van der Waals surface area (Å²) in [6.45, 7) is 6.05. The Balaban J connectivity index is 2.68. The molecule has 0 bridgehead atoms. The van der Waals surface area contributed by atoms with Crippen molar-refractivity contribution in [1.29, 1.82) is 0 Å². The van der Waals surface area contributed by atoms with E-state index < -0.39 is 0 Å². The molecule has 4 nitrogen and oxygen atoms in total. The van der Waals surface area contributed by atoms with Crippen LogP contribution < -0.4 is 15.2 Å². The topological polar surface area (TPSA) is 53.7 Å². The van der Waals surface area contributed by atoms with Crippen LogP contribution in [-0.2, 0) is 11.2 Å². The highest BCUT2D eigenvalue weighted by Gasteiger charge is 2.12. The van der Waals surface area contributed by atoms with Crippen molar-refractivity contribution in [2.75, 3.05) is 26.9 Å². The Hall–Kier alpha value is -1.26. The molecule has 0 aliphatic rings. The van der Waals surface area contributed by atoms with Crippen molar-refractivity contribution in [3.8, 4) is 11.5 Å². The van der Waals surface area contributed by atoms with Crippen LogP contribution in [0.4, 0.5) is 0 Å². The molecular weight excluding hydrogens is 254 g/mol. The molecule has 1 atom stereocenters. The molecule has 0 heterocycles. The summed E-state index contributed by atoms with van der Waals surface area (Å²) in [7, 11) is 1.65. The number of nitrogens with two attached hydrogens (primary N) is 1. The number of benzene rings is 1. The second-order valence-electron chi connectivity index (χ2n) is 4.78. The summed E-state index contributed by atoms with van der Waals surface area (Å²) in [6.07, 6.45) is 2.75. The summed E-state index contributed by atoms with van der Waals surface area (Å²) < 4.78 is 16.6. The van der Waals surface area contributed by atoms with Gasteiger partial charge in [-0.1, -0.05) is 26.0 Å². The van der Waals surface area contributed by atoms with E-state index in [-0.39, 0.29) is 6.04 Å². The van der Waals surface area contributed by atoms with Gasteiger partial charge in [0, 0.05) is 12.6 Å². The van der Waals surface area contributed by atoms with Gasteiger partial charge in [0.2, 0.25) is 0 Å². The van der Waals surface area contributed by atoms with E-state index in [0.717, 1.165) is 42.9 Å². The van der Waals surface area contributed by atoms with Gasteiger partial charge in [-0.25, -0.2) is 0 Å². The van der Waals surface area contributed by atoms with Crippen LogP contribution in [0.2, 0.25) is 0 Å². The van der Waals surface area contributed by atoms with Crippen molar-refractivity contribution in [3.63, 3.8) is 0 Å². The minimum Gasteiger partial charge on any atom is -0.493 e. The lowest BCUT2D eigenvalue weighted by molar-refractivity contribution is 0.0991. The van der Waals surface area contributed by atoms with E-state index >= 15 is 0 Å². The summed E-state index contributed by atoms with van der Waals surface area (Å²) in [5.41, 5.74) is 7.13. The predicted octanol–water partition coefficient (Wildman–Crippen LogP) is 2.78. The van der Waals surface area contributed by atoms with E-state index in [4.69, 9.17) is 19.9 Å². The van der Waals surface area contributed by atoms with E-state index in [2.05, 4.69) is 13.8 Å². The molecule has 1 aromatic carbocycles. The summed E-state index contributed by atoms with van der Waals surface area (Å²) in [4.78, 5) is 0. The number of ether oxygens (including phenoxy) is 3. The molecule has 4 heteroatoms. The smallest absolute Gasteiger partial charge is 0.164 e. The predicted molar refractivity (Wildman–Crippen MR) is 81.6 cm³/mol. The molecule has 1 unspecified atom stereocenters. The fraction of sp³-hybridized carbons (Fsp3) is 0.625. The van der Waals surface area contributed by atoms with Crippen LogP contribution in [0.25, 0.3) is 0 Å². The van der Waals surface area contributed by atoms with E-state index in [1.807, 2.05) is 18.2 Å². The lowest BCUT2D eigenvalue weighted by Crippen LogP contribution is -2.22. The Morgan fingerprint density at radius 1 is 1.15 bits per heavy atom. The van der Waals surface area contributed by atoms with Crippen LogP contribution in [0, 0.1) is 0 Å². The van der Waals surface area contributed by atoms with Crippen LogP contribution >= 0.6 is 0 Å². The monoisotopic (exact) mass is 281 g/mol. The number of methoxy groups -OCH3 is 1. The molecule has 1 aromatic rings. The number of rotatable bonds is 10. The first-order chi connectivity index (χ1) is 9.72. The maximum Gasteiger partial charge on any atom is 0.164 e. The van der Waals surface area contributed by atoms with Crippen LogP contribution in [0.1, 0.15) is 32.3 Å². The van der Waals surface area contributed by atoms with Crippen LogP contribution in [0.15, 0.2) is 18.2 Å². The third-order valence-corrected chi connectivity index (χ3v) is 3.11. The molecule has 0 aliphatic carbocycles. The Bertz CT molecular complexity index is 382. The van der Waals surface area contributed by atoms with Gasteiger partial charge in [0.05, 0.1) is 13.7 Å². The quantitative estimate of drug-likeness (QED) is 0.670. The number of para-hydroxylation sites is 1. The standard InChI is InChI=1S/C16H27NO3/c1-4-9-19-10-11-20-16-13(12-14(17)5-2)7-6-8-15(16)18-3/h6-8,14H,4-5,9-12,17H2,1-3H3. The van der Waals surface area contributed by atoms with Gasteiger partial charge in [-0.05, 0) is 30.9 Å². The highest BCUT2D eigenvalue weighted by atomic mass is 16.5. The molecule has 0 fully saturated rings. The first kappa shape index (κ1) is 16.8. The minimum absolute atomic E-state index is 0.140. The maximum atomic E-state index is 6.04. The van der Waals surface area contributed by atoms with Gasteiger partial charge in [0.15, 0.2) is 11.5 Å². The third kappa shape index (κ3) is 5.39. The Morgan fingerprint density at radius 2 is 1.95 bits per heavy atom. The van der Waals surface area contributed by atoms with Crippen LogP contribution in [0.5, 0.6) is 11.5 Å². The van der Waals surface area contributed by atoms with E-state index in [0.29, 0.717) is 13.2 Å². The van der Waals surface area contributed by atoms with Gasteiger partial charge < -0.3 is 19.9 Å². The van der Waals surface area contributed by atoms with Crippen molar-refractivity contribution in [2.24, 2.45) is 5.73 Å². The molecule has 0 saturated carbocycles. The summed E-state index contributed by atoms with van der Waals surface area (Å²) in [5, 5.41) is 0. The van der Waals surface area contributed by atoms with Gasteiger partial charge in [0.25, 0.3) is 0 Å². The molecule has 1 rings (SSSR count). The largest absolute Gasteiger partial charge is 0.493 e. The van der Waals surface area contributed by atoms with Gasteiger partial charge in [-0.2, -0.15) is 0 Å². The Kier molecular flexibility index (Phi) is 8.07. The minimum atomic E-state index is 0.140. The zero-order valence-corrected chi connectivity index (χ0v) is 12.9. The second kappa shape index (κ2) is 9.61. The molecule has 20 heavy (non-hydrogen) atoms. The summed E-state index contributed by atoms with van der Waals surface area (Å²) >= 11 is 0. The van der Waals surface area contributed by atoms with Crippen LogP contribution in [0.3, 0.4) is 0 Å². The number of hydrogen-bond acceptors (Lipinski definition) is 4. The first-order valence-electron chi connectivity index (χ1n) is 7.34. The third-order valence-electron chi connectivity index (χ3n) is 3.11. The lowest BCUT2D eigenvalue weighted by Gasteiger charge is -2.17. The van der Waals surface area contributed by atoms with Crippen molar-refractivity contribution >= 4 is 0 Å². The highest BCUT2D eigenvalue weighted by Crippen LogP contribution is 2.31. The zero-order chi connectivity index (χ0) is 14.8. The molecule has 0 aliphatic heterocycles. The maximum absolute atomic E-state index is 6.04. The Labute approximate surface area is 122 Å². The molecular formula is C16H27NO3. The number of hydrogen-bond donors (Lipinski definition) is 1.